The molecule has 0 saturated carbocycles. The summed E-state index contributed by atoms with van der Waals surface area (Å²) in [5.41, 5.74) is 0. The summed E-state index contributed by atoms with van der Waals surface area (Å²) in [4.78, 5) is 34.1. The molecule has 0 aliphatic carbocycles. The number of amides is 2. The lowest BCUT2D eigenvalue weighted by Gasteiger charge is -2.23. The highest BCUT2D eigenvalue weighted by molar-refractivity contribution is 8.13. The van der Waals surface area contributed by atoms with Crippen molar-refractivity contribution in [1.82, 2.24) is 9.21 Å². The maximum absolute atomic E-state index is 12.3. The Balaban J connectivity index is 0. The molecule has 0 rings (SSSR count). The van der Waals surface area contributed by atoms with Crippen molar-refractivity contribution >= 4 is 41.5 Å². The van der Waals surface area contributed by atoms with E-state index in [1.54, 1.807) is 0 Å². The van der Waals surface area contributed by atoms with Gasteiger partial charge in [-0.15, -0.1) is 3.89 Å². The van der Waals surface area contributed by atoms with Gasteiger partial charge >= 0.3 is 6.03 Å². The number of carbonyl (C=O) groups excluding carboxylic acids is 3. The van der Waals surface area contributed by atoms with E-state index in [1.807, 2.05) is 13.8 Å². The number of hydrogen-bond acceptors (Lipinski definition) is 5. The second-order valence-corrected chi connectivity index (χ2v) is 5.82. The molecule has 0 aromatic heterocycles. The van der Waals surface area contributed by atoms with Crippen molar-refractivity contribution in [2.75, 3.05) is 25.9 Å². The molecule has 0 bridgehead atoms. The Kier molecular flexibility index (Phi) is 16.8. The predicted octanol–water partition coefficient (Wildman–Crippen LogP) is 3.55. The molecule has 0 heterocycles. The van der Waals surface area contributed by atoms with Gasteiger partial charge < -0.3 is 9.69 Å². The highest BCUT2D eigenvalue weighted by Crippen LogP contribution is 2.12. The van der Waals surface area contributed by atoms with Crippen LogP contribution >= 0.6 is 24.1 Å². The van der Waals surface area contributed by atoms with Crippen molar-refractivity contribution in [3.05, 3.63) is 0 Å². The van der Waals surface area contributed by atoms with Crippen LogP contribution in [0.1, 0.15) is 40.0 Å². The monoisotopic (exact) mass is 340 g/mol. The minimum atomic E-state index is -0.516. The van der Waals surface area contributed by atoms with Crippen LogP contribution in [0.4, 0.5) is 8.68 Å². The van der Waals surface area contributed by atoms with Crippen molar-refractivity contribution in [2.45, 2.75) is 40.0 Å². The smallest absolute Gasteiger partial charge is 0.317 e. The normalized spacial score (nSPS) is 9.38. The first-order chi connectivity index (χ1) is 10.0. The van der Waals surface area contributed by atoms with Gasteiger partial charge in [0.2, 0.25) is 0 Å². The number of urea groups is 1. The Morgan fingerprint density at radius 3 is 2.29 bits per heavy atom. The standard InChI is InChI=1S/C11H19FN2O3S2.C2H6/c1-10(16)18-9-5-3-4-6-14(7-8-15)11(17)13(2)19-12;1-2/h8H,3-7,9H2,1-2H3;1-2H3. The summed E-state index contributed by atoms with van der Waals surface area (Å²) >= 11 is 1.10. The van der Waals surface area contributed by atoms with E-state index in [1.165, 1.54) is 30.6 Å². The van der Waals surface area contributed by atoms with Gasteiger partial charge in [0.15, 0.2) is 17.4 Å². The average molecular weight is 340 g/mol. The Bertz CT molecular complexity index is 307. The first kappa shape index (κ1) is 22.5. The lowest BCUT2D eigenvalue weighted by molar-refractivity contribution is -0.109. The Hall–Kier alpha value is -0.760. The number of thioether (sulfide) groups is 1. The van der Waals surface area contributed by atoms with Gasteiger partial charge in [0.05, 0.1) is 6.54 Å². The van der Waals surface area contributed by atoms with E-state index in [4.69, 9.17) is 0 Å². The highest BCUT2D eigenvalue weighted by Gasteiger charge is 2.17. The van der Waals surface area contributed by atoms with E-state index in [2.05, 4.69) is 0 Å². The second kappa shape index (κ2) is 15.6. The minimum absolute atomic E-state index is 0.0358. The fourth-order valence-corrected chi connectivity index (χ4v) is 2.19. The largest absolute Gasteiger partial charge is 0.332 e. The highest BCUT2D eigenvalue weighted by atomic mass is 32.2. The molecule has 0 atom stereocenters. The maximum atomic E-state index is 12.3. The van der Waals surface area contributed by atoms with Gasteiger partial charge in [-0.05, 0) is 12.8 Å². The minimum Gasteiger partial charge on any atom is -0.317 e. The van der Waals surface area contributed by atoms with Crippen LogP contribution in [0.15, 0.2) is 0 Å². The maximum Gasteiger partial charge on any atom is 0.332 e. The third kappa shape index (κ3) is 12.7. The zero-order valence-corrected chi connectivity index (χ0v) is 14.8. The van der Waals surface area contributed by atoms with Gasteiger partial charge in [0, 0.05) is 26.3 Å². The third-order valence-corrected chi connectivity index (χ3v) is 3.58. The van der Waals surface area contributed by atoms with Crippen LogP contribution in [0.5, 0.6) is 0 Å². The molecule has 5 nitrogen and oxygen atoms in total. The molecule has 124 valence electrons. The fourth-order valence-electron chi connectivity index (χ4n) is 1.38. The lowest BCUT2D eigenvalue weighted by Crippen LogP contribution is -2.39. The summed E-state index contributed by atoms with van der Waals surface area (Å²) in [5, 5.41) is 0.0966. The molecule has 0 unspecified atom stereocenters. The molecule has 0 saturated heterocycles. The van der Waals surface area contributed by atoms with Crippen LogP contribution in [-0.2, 0) is 9.59 Å². The van der Waals surface area contributed by atoms with Gasteiger partial charge in [-0.2, -0.15) is 0 Å². The van der Waals surface area contributed by atoms with Crippen LogP contribution < -0.4 is 0 Å². The van der Waals surface area contributed by atoms with E-state index in [-0.39, 0.29) is 24.0 Å². The summed E-state index contributed by atoms with van der Waals surface area (Å²) in [6, 6.07) is -0.516. The number of halogens is 1. The Morgan fingerprint density at radius 1 is 1.19 bits per heavy atom. The van der Waals surface area contributed by atoms with Crippen molar-refractivity contribution in [2.24, 2.45) is 0 Å². The molecule has 0 aliphatic heterocycles. The van der Waals surface area contributed by atoms with Crippen molar-refractivity contribution in [3.63, 3.8) is 0 Å². The lowest BCUT2D eigenvalue weighted by atomic mass is 10.2. The van der Waals surface area contributed by atoms with Crippen LogP contribution in [0.3, 0.4) is 0 Å². The molecule has 0 aromatic rings. The number of aldehydes is 1. The first-order valence-corrected chi connectivity index (χ1v) is 8.57. The number of nitrogens with zero attached hydrogens (tertiary/aromatic N) is 2. The van der Waals surface area contributed by atoms with Crippen LogP contribution in [0.25, 0.3) is 0 Å². The zero-order valence-electron chi connectivity index (χ0n) is 13.1. The van der Waals surface area contributed by atoms with Gasteiger partial charge in [0.25, 0.3) is 0 Å². The number of rotatable bonds is 9. The molecule has 0 radical (unpaired) electrons. The van der Waals surface area contributed by atoms with Crippen molar-refractivity contribution in [3.8, 4) is 0 Å². The number of unbranched alkanes of at least 4 members (excludes halogenated alkanes) is 2. The zero-order chi connectivity index (χ0) is 16.7. The molecular weight excluding hydrogens is 315 g/mol. The van der Waals surface area contributed by atoms with Crippen LogP contribution in [0, 0.1) is 0 Å². The summed E-state index contributed by atoms with van der Waals surface area (Å²) in [7, 11) is 1.31. The molecule has 0 fully saturated rings. The second-order valence-electron chi connectivity index (χ2n) is 3.86. The molecule has 2 amide bonds. The summed E-state index contributed by atoms with van der Waals surface area (Å²) in [6.07, 6.45) is 3.08. The quantitative estimate of drug-likeness (QED) is 0.365. The molecule has 8 heteroatoms. The van der Waals surface area contributed by atoms with Crippen molar-refractivity contribution in [1.29, 1.82) is 0 Å². The van der Waals surface area contributed by atoms with E-state index in [0.29, 0.717) is 12.8 Å². The average Bonchev–Trinajstić information content (AvgIpc) is 2.49. The van der Waals surface area contributed by atoms with Crippen LogP contribution in [-0.4, -0.2) is 52.5 Å². The fraction of sp³-hybridized carbons (Fsp3) is 0.769. The van der Waals surface area contributed by atoms with E-state index < -0.39 is 6.03 Å². The van der Waals surface area contributed by atoms with Gasteiger partial charge in [-0.3, -0.25) is 4.79 Å². The third-order valence-electron chi connectivity index (χ3n) is 2.32. The molecule has 0 aromatic carbocycles. The number of carbonyl (C=O) groups is 3. The molecule has 0 spiro atoms. The van der Waals surface area contributed by atoms with E-state index >= 15 is 0 Å². The molecule has 21 heavy (non-hydrogen) atoms. The SMILES string of the molecule is CC.CC(=O)SCCCCCN(CC=O)C(=O)N(C)SF. The summed E-state index contributed by atoms with van der Waals surface area (Å²) in [5.74, 6) is 0.761. The summed E-state index contributed by atoms with van der Waals surface area (Å²) in [6.45, 7) is 5.90. The Labute approximate surface area is 135 Å². The van der Waals surface area contributed by atoms with E-state index in [9.17, 15) is 18.3 Å². The predicted molar refractivity (Wildman–Crippen MR) is 87.8 cm³/mol. The van der Waals surface area contributed by atoms with Crippen molar-refractivity contribution < 1.29 is 18.3 Å². The van der Waals surface area contributed by atoms with Gasteiger partial charge in [-0.1, -0.05) is 32.0 Å². The number of hydrogen-bond donors (Lipinski definition) is 0. The van der Waals surface area contributed by atoms with E-state index in [0.717, 1.165) is 29.3 Å². The topological polar surface area (TPSA) is 57.7 Å². The van der Waals surface area contributed by atoms with Gasteiger partial charge in [-0.25, -0.2) is 9.10 Å². The first-order valence-electron chi connectivity index (χ1n) is 6.91. The molecule has 0 N–H and O–H groups in total. The summed E-state index contributed by atoms with van der Waals surface area (Å²) < 4.78 is 13.1. The molecule has 0 aliphatic rings. The molecular formula is C13H25FN2O3S2. The Morgan fingerprint density at radius 2 is 1.81 bits per heavy atom. The van der Waals surface area contributed by atoms with Crippen LogP contribution in [0.2, 0.25) is 0 Å². The van der Waals surface area contributed by atoms with Gasteiger partial charge in [0.1, 0.15) is 6.29 Å².